The van der Waals surface area contributed by atoms with Crippen LogP contribution in [-0.4, -0.2) is 15.1 Å². The molecule has 0 atom stereocenters. The van der Waals surface area contributed by atoms with E-state index in [1.807, 2.05) is 0 Å². The van der Waals surface area contributed by atoms with Crippen LogP contribution in [0.2, 0.25) is 0 Å². The standard InChI is InChI=1S/C11H11N3O2/c12-10-11(14-6-5-13-10)16-9-3-1-8(7-15)2-4-9/h1-6,15H,7H2,(H2,12,13). The predicted molar refractivity (Wildman–Crippen MR) is 58.9 cm³/mol. The van der Waals surface area contributed by atoms with Crippen molar-refractivity contribution in [3.05, 3.63) is 42.2 Å². The fourth-order valence-corrected chi connectivity index (χ4v) is 1.19. The molecule has 2 rings (SSSR count). The lowest BCUT2D eigenvalue weighted by Gasteiger charge is -2.06. The zero-order valence-electron chi connectivity index (χ0n) is 8.50. The molecule has 0 aliphatic heterocycles. The molecule has 1 aromatic carbocycles. The van der Waals surface area contributed by atoms with Crippen molar-refractivity contribution in [1.82, 2.24) is 9.97 Å². The highest BCUT2D eigenvalue weighted by Crippen LogP contribution is 2.22. The Kier molecular flexibility index (Phi) is 2.98. The maximum absolute atomic E-state index is 8.88. The van der Waals surface area contributed by atoms with Crippen LogP contribution in [-0.2, 0) is 6.61 Å². The van der Waals surface area contributed by atoms with Gasteiger partial charge in [0.2, 0.25) is 0 Å². The summed E-state index contributed by atoms with van der Waals surface area (Å²) in [6, 6.07) is 7.00. The first kappa shape index (κ1) is 10.4. The number of nitrogens with two attached hydrogens (primary N) is 1. The van der Waals surface area contributed by atoms with Crippen molar-refractivity contribution in [2.75, 3.05) is 5.73 Å². The zero-order valence-corrected chi connectivity index (χ0v) is 8.50. The van der Waals surface area contributed by atoms with E-state index in [2.05, 4.69) is 9.97 Å². The SMILES string of the molecule is Nc1nccnc1Oc1ccc(CO)cc1. The summed E-state index contributed by atoms with van der Waals surface area (Å²) < 4.78 is 5.43. The molecule has 3 N–H and O–H groups in total. The van der Waals surface area contributed by atoms with Gasteiger partial charge in [0.25, 0.3) is 5.88 Å². The highest BCUT2D eigenvalue weighted by molar-refractivity contribution is 5.42. The smallest absolute Gasteiger partial charge is 0.262 e. The Morgan fingerprint density at radius 3 is 2.44 bits per heavy atom. The van der Waals surface area contributed by atoms with Crippen molar-refractivity contribution in [3.8, 4) is 11.6 Å². The average Bonchev–Trinajstić information content (AvgIpc) is 2.33. The third kappa shape index (κ3) is 2.26. The predicted octanol–water partition coefficient (Wildman–Crippen LogP) is 1.34. The first-order valence-electron chi connectivity index (χ1n) is 4.74. The van der Waals surface area contributed by atoms with E-state index < -0.39 is 0 Å². The molecule has 82 valence electrons. The number of ether oxygens (including phenoxy) is 1. The molecule has 0 fully saturated rings. The molecule has 1 heterocycles. The Balaban J connectivity index is 2.18. The minimum atomic E-state index is 0.00750. The van der Waals surface area contributed by atoms with Gasteiger partial charge in [0.05, 0.1) is 6.61 Å². The molecule has 2 aromatic rings. The lowest BCUT2D eigenvalue weighted by molar-refractivity contribution is 0.281. The summed E-state index contributed by atoms with van der Waals surface area (Å²) in [5.74, 6) is 1.12. The van der Waals surface area contributed by atoms with E-state index in [0.717, 1.165) is 5.56 Å². The molecular formula is C11H11N3O2. The van der Waals surface area contributed by atoms with Gasteiger partial charge in [-0.25, -0.2) is 9.97 Å². The monoisotopic (exact) mass is 217 g/mol. The largest absolute Gasteiger partial charge is 0.436 e. The Labute approximate surface area is 92.5 Å². The molecule has 0 saturated heterocycles. The summed E-state index contributed by atoms with van der Waals surface area (Å²) >= 11 is 0. The van der Waals surface area contributed by atoms with E-state index in [1.54, 1.807) is 24.3 Å². The number of rotatable bonds is 3. The minimum Gasteiger partial charge on any atom is -0.436 e. The van der Waals surface area contributed by atoms with Crippen molar-refractivity contribution in [2.24, 2.45) is 0 Å². The van der Waals surface area contributed by atoms with Gasteiger partial charge in [-0.2, -0.15) is 0 Å². The first-order chi connectivity index (χ1) is 7.79. The number of anilines is 1. The maximum Gasteiger partial charge on any atom is 0.262 e. The van der Waals surface area contributed by atoms with Crippen LogP contribution in [0.25, 0.3) is 0 Å². The lowest BCUT2D eigenvalue weighted by atomic mass is 10.2. The highest BCUT2D eigenvalue weighted by Gasteiger charge is 2.03. The molecule has 0 radical (unpaired) electrons. The molecule has 1 aromatic heterocycles. The van der Waals surface area contributed by atoms with Crippen LogP contribution < -0.4 is 10.5 Å². The molecule has 0 unspecified atom stereocenters. The van der Waals surface area contributed by atoms with E-state index in [0.29, 0.717) is 5.75 Å². The van der Waals surface area contributed by atoms with Crippen LogP contribution >= 0.6 is 0 Å². The molecule has 0 spiro atoms. The summed E-state index contributed by atoms with van der Waals surface area (Å²) in [4.78, 5) is 7.82. The first-order valence-corrected chi connectivity index (χ1v) is 4.74. The van der Waals surface area contributed by atoms with Gasteiger partial charge in [-0.3, -0.25) is 0 Å². The summed E-state index contributed by atoms with van der Waals surface area (Å²) in [6.07, 6.45) is 3.00. The van der Waals surface area contributed by atoms with Crippen molar-refractivity contribution >= 4 is 5.82 Å². The zero-order chi connectivity index (χ0) is 11.4. The Morgan fingerprint density at radius 1 is 1.12 bits per heavy atom. The Hall–Kier alpha value is -2.14. The van der Waals surface area contributed by atoms with Crippen molar-refractivity contribution in [2.45, 2.75) is 6.61 Å². The summed E-state index contributed by atoms with van der Waals surface area (Å²) in [7, 11) is 0. The van der Waals surface area contributed by atoms with Crippen LogP contribution in [0, 0.1) is 0 Å². The molecular weight excluding hydrogens is 206 g/mol. The van der Waals surface area contributed by atoms with Gasteiger partial charge in [0.15, 0.2) is 5.82 Å². The normalized spacial score (nSPS) is 10.1. The molecule has 0 aliphatic carbocycles. The second-order valence-electron chi connectivity index (χ2n) is 3.15. The van der Waals surface area contributed by atoms with Crippen LogP contribution in [0.15, 0.2) is 36.7 Å². The highest BCUT2D eigenvalue weighted by atomic mass is 16.5. The van der Waals surface area contributed by atoms with Gasteiger partial charge in [0, 0.05) is 12.4 Å². The Morgan fingerprint density at radius 2 is 1.81 bits per heavy atom. The van der Waals surface area contributed by atoms with Crippen molar-refractivity contribution in [3.63, 3.8) is 0 Å². The van der Waals surface area contributed by atoms with Gasteiger partial charge in [-0.1, -0.05) is 12.1 Å². The second kappa shape index (κ2) is 4.59. The van der Waals surface area contributed by atoms with E-state index >= 15 is 0 Å². The third-order valence-electron chi connectivity index (χ3n) is 2.01. The number of aliphatic hydroxyl groups excluding tert-OH is 1. The van der Waals surface area contributed by atoms with Crippen LogP contribution in [0.4, 0.5) is 5.82 Å². The topological polar surface area (TPSA) is 81.3 Å². The molecule has 0 amide bonds. The van der Waals surface area contributed by atoms with Gasteiger partial charge in [-0.15, -0.1) is 0 Å². The van der Waals surface area contributed by atoms with Gasteiger partial charge >= 0.3 is 0 Å². The molecule has 16 heavy (non-hydrogen) atoms. The van der Waals surface area contributed by atoms with E-state index in [-0.39, 0.29) is 18.3 Å². The lowest BCUT2D eigenvalue weighted by Crippen LogP contribution is -1.97. The van der Waals surface area contributed by atoms with Crippen LogP contribution in [0.5, 0.6) is 11.6 Å². The number of benzene rings is 1. The number of nitrogens with zero attached hydrogens (tertiary/aromatic N) is 2. The number of hydrogen-bond acceptors (Lipinski definition) is 5. The quantitative estimate of drug-likeness (QED) is 0.810. The van der Waals surface area contributed by atoms with E-state index in [4.69, 9.17) is 15.6 Å². The number of aromatic nitrogens is 2. The average molecular weight is 217 g/mol. The molecule has 5 heteroatoms. The third-order valence-corrected chi connectivity index (χ3v) is 2.01. The van der Waals surface area contributed by atoms with Gasteiger partial charge in [-0.05, 0) is 17.7 Å². The molecule has 0 bridgehead atoms. The summed E-state index contributed by atoms with van der Waals surface area (Å²) in [5.41, 5.74) is 6.40. The molecule has 0 aliphatic rings. The molecule has 0 saturated carbocycles. The Bertz CT molecular complexity index is 471. The van der Waals surface area contributed by atoms with Gasteiger partial charge < -0.3 is 15.6 Å². The maximum atomic E-state index is 8.88. The number of aliphatic hydroxyl groups is 1. The van der Waals surface area contributed by atoms with E-state index in [9.17, 15) is 0 Å². The molecule has 5 nitrogen and oxygen atoms in total. The summed E-state index contributed by atoms with van der Waals surface area (Å²) in [6.45, 7) is 0.00750. The van der Waals surface area contributed by atoms with Crippen LogP contribution in [0.3, 0.4) is 0 Å². The van der Waals surface area contributed by atoms with Crippen molar-refractivity contribution < 1.29 is 9.84 Å². The van der Waals surface area contributed by atoms with E-state index in [1.165, 1.54) is 12.4 Å². The van der Waals surface area contributed by atoms with Crippen LogP contribution in [0.1, 0.15) is 5.56 Å². The summed E-state index contributed by atoms with van der Waals surface area (Å²) in [5, 5.41) is 8.88. The minimum absolute atomic E-state index is 0.00750. The van der Waals surface area contributed by atoms with Gasteiger partial charge in [0.1, 0.15) is 5.75 Å². The number of hydrogen-bond donors (Lipinski definition) is 2. The second-order valence-corrected chi connectivity index (χ2v) is 3.15. The number of nitrogen functional groups attached to an aromatic ring is 1. The fraction of sp³-hybridized carbons (Fsp3) is 0.0909. The van der Waals surface area contributed by atoms with Crippen molar-refractivity contribution in [1.29, 1.82) is 0 Å². The fourth-order valence-electron chi connectivity index (χ4n) is 1.19.